The summed E-state index contributed by atoms with van der Waals surface area (Å²) in [5.41, 5.74) is 2.87. The van der Waals surface area contributed by atoms with Gasteiger partial charge in [0.05, 0.1) is 17.9 Å². The van der Waals surface area contributed by atoms with E-state index in [0.717, 1.165) is 6.29 Å². The first-order valence-corrected chi connectivity index (χ1v) is 7.17. The van der Waals surface area contributed by atoms with Crippen molar-refractivity contribution in [2.24, 2.45) is 0 Å². The number of nitrogens with zero attached hydrogens (tertiary/aromatic N) is 1. The number of hydrogen-bond donors (Lipinski definition) is 0. The summed E-state index contributed by atoms with van der Waals surface area (Å²) in [6.07, 6.45) is 2.45. The van der Waals surface area contributed by atoms with Crippen molar-refractivity contribution in [2.45, 2.75) is 6.92 Å². The van der Waals surface area contributed by atoms with Gasteiger partial charge < -0.3 is 9.14 Å². The zero-order chi connectivity index (χ0) is 16.4. The molecular formula is C18H14FNO3. The summed E-state index contributed by atoms with van der Waals surface area (Å²) >= 11 is 0. The Balaban J connectivity index is 2.26. The number of carbonyl (C=O) groups excluding carboxylic acids is 2. The van der Waals surface area contributed by atoms with Crippen molar-refractivity contribution in [3.63, 3.8) is 0 Å². The topological polar surface area (TPSA) is 47.8 Å². The summed E-state index contributed by atoms with van der Waals surface area (Å²) < 4.78 is 20.1. The van der Waals surface area contributed by atoms with Crippen LogP contribution in [0.25, 0.3) is 16.8 Å². The van der Waals surface area contributed by atoms with Crippen LogP contribution in [0.2, 0.25) is 0 Å². The minimum absolute atomic E-state index is 0.257. The molecule has 1 aromatic carbocycles. The Morgan fingerprint density at radius 1 is 1.22 bits per heavy atom. The number of aldehydes is 1. The maximum atomic E-state index is 13.2. The first kappa shape index (κ1) is 15.0. The molecule has 116 valence electrons. The molecule has 0 aliphatic carbocycles. The Hall–Kier alpha value is -2.95. The van der Waals surface area contributed by atoms with Crippen LogP contribution < -0.4 is 0 Å². The van der Waals surface area contributed by atoms with Gasteiger partial charge in [-0.3, -0.25) is 4.79 Å². The summed E-state index contributed by atoms with van der Waals surface area (Å²) in [7, 11) is 0. The Morgan fingerprint density at radius 3 is 2.61 bits per heavy atom. The first-order chi connectivity index (χ1) is 11.1. The van der Waals surface area contributed by atoms with Crippen molar-refractivity contribution < 1.29 is 18.7 Å². The molecule has 0 radical (unpaired) electrons. The average molecular weight is 311 g/mol. The molecule has 0 saturated heterocycles. The highest BCUT2D eigenvalue weighted by Gasteiger charge is 2.19. The molecule has 4 nitrogen and oxygen atoms in total. The molecule has 2 heterocycles. The second kappa shape index (κ2) is 6.04. The number of esters is 1. The van der Waals surface area contributed by atoms with E-state index in [1.807, 2.05) is 0 Å². The van der Waals surface area contributed by atoms with Crippen LogP contribution in [0.15, 0.2) is 48.7 Å². The normalized spacial score (nSPS) is 10.7. The summed E-state index contributed by atoms with van der Waals surface area (Å²) in [6.45, 7) is 1.99. The molecule has 5 heteroatoms. The SMILES string of the molecule is CCOC(=O)c1cc2cc(C=O)ccn2c1-c1ccc(F)cc1. The van der Waals surface area contributed by atoms with Crippen molar-refractivity contribution in [1.29, 1.82) is 0 Å². The summed E-state index contributed by atoms with van der Waals surface area (Å²) in [5.74, 6) is -0.807. The highest BCUT2D eigenvalue weighted by atomic mass is 19.1. The van der Waals surface area contributed by atoms with Crippen LogP contribution in [0.4, 0.5) is 4.39 Å². The molecular weight excluding hydrogens is 297 g/mol. The smallest absolute Gasteiger partial charge is 0.340 e. The van der Waals surface area contributed by atoms with Gasteiger partial charge in [0.15, 0.2) is 0 Å². The molecule has 2 aromatic heterocycles. The van der Waals surface area contributed by atoms with Gasteiger partial charge in [-0.2, -0.15) is 0 Å². The Labute approximate surface area is 132 Å². The van der Waals surface area contributed by atoms with Crippen LogP contribution >= 0.6 is 0 Å². The lowest BCUT2D eigenvalue weighted by Crippen LogP contribution is -2.05. The summed E-state index contributed by atoms with van der Waals surface area (Å²) in [5, 5.41) is 0. The van der Waals surface area contributed by atoms with Crippen molar-refractivity contribution in [2.75, 3.05) is 6.61 Å². The first-order valence-electron chi connectivity index (χ1n) is 7.17. The van der Waals surface area contributed by atoms with Crippen LogP contribution in [0.1, 0.15) is 27.6 Å². The Bertz CT molecular complexity index is 881. The molecule has 0 unspecified atom stereocenters. The molecule has 0 spiro atoms. The molecule has 0 aliphatic heterocycles. The molecule has 0 N–H and O–H groups in total. The number of carbonyl (C=O) groups is 2. The van der Waals surface area contributed by atoms with Gasteiger partial charge in [-0.05, 0) is 55.0 Å². The quantitative estimate of drug-likeness (QED) is 0.545. The van der Waals surface area contributed by atoms with Gasteiger partial charge in [0.1, 0.15) is 12.1 Å². The number of rotatable bonds is 4. The number of benzene rings is 1. The van der Waals surface area contributed by atoms with Gasteiger partial charge in [0.25, 0.3) is 0 Å². The zero-order valence-corrected chi connectivity index (χ0v) is 12.5. The lowest BCUT2D eigenvalue weighted by molar-refractivity contribution is 0.0527. The fourth-order valence-electron chi connectivity index (χ4n) is 2.54. The molecule has 3 aromatic rings. The zero-order valence-electron chi connectivity index (χ0n) is 12.5. The van der Waals surface area contributed by atoms with Gasteiger partial charge in [-0.1, -0.05) is 0 Å². The predicted molar refractivity (Wildman–Crippen MR) is 84.1 cm³/mol. The Morgan fingerprint density at radius 2 is 1.96 bits per heavy atom. The molecule has 0 saturated carbocycles. The van der Waals surface area contributed by atoms with Gasteiger partial charge in [-0.15, -0.1) is 0 Å². The van der Waals surface area contributed by atoms with Gasteiger partial charge in [0.2, 0.25) is 0 Å². The number of aromatic nitrogens is 1. The van der Waals surface area contributed by atoms with Crippen LogP contribution in [0.3, 0.4) is 0 Å². The largest absolute Gasteiger partial charge is 0.462 e. The predicted octanol–water partition coefficient (Wildman–Crippen LogP) is 3.73. The molecule has 23 heavy (non-hydrogen) atoms. The van der Waals surface area contributed by atoms with Crippen molar-refractivity contribution in [3.8, 4) is 11.3 Å². The van der Waals surface area contributed by atoms with Gasteiger partial charge >= 0.3 is 5.97 Å². The number of ether oxygens (including phenoxy) is 1. The van der Waals surface area contributed by atoms with E-state index in [1.165, 1.54) is 12.1 Å². The standard InChI is InChI=1S/C18H14FNO3/c1-2-23-18(22)16-10-15-9-12(11-21)7-8-20(15)17(16)13-3-5-14(19)6-4-13/h3-11H,2H2,1H3. The third-order valence-corrected chi connectivity index (χ3v) is 3.55. The van der Waals surface area contributed by atoms with E-state index in [2.05, 4.69) is 0 Å². The average Bonchev–Trinajstić information content (AvgIpc) is 2.94. The van der Waals surface area contributed by atoms with E-state index >= 15 is 0 Å². The van der Waals surface area contributed by atoms with Crippen molar-refractivity contribution in [3.05, 3.63) is 65.6 Å². The second-order valence-electron chi connectivity index (χ2n) is 5.01. The molecule has 3 rings (SSSR count). The van der Waals surface area contributed by atoms with Crippen LogP contribution in [0, 0.1) is 5.82 Å². The van der Waals surface area contributed by atoms with Crippen LogP contribution in [0.5, 0.6) is 0 Å². The maximum absolute atomic E-state index is 13.2. The highest BCUT2D eigenvalue weighted by Crippen LogP contribution is 2.29. The van der Waals surface area contributed by atoms with E-state index in [4.69, 9.17) is 4.74 Å². The van der Waals surface area contributed by atoms with E-state index in [-0.39, 0.29) is 12.4 Å². The van der Waals surface area contributed by atoms with Crippen molar-refractivity contribution >= 4 is 17.8 Å². The number of fused-ring (bicyclic) bond motifs is 1. The van der Waals surface area contributed by atoms with E-state index in [1.54, 1.807) is 47.9 Å². The van der Waals surface area contributed by atoms with Gasteiger partial charge in [-0.25, -0.2) is 9.18 Å². The number of pyridine rings is 1. The minimum Gasteiger partial charge on any atom is -0.462 e. The fourth-order valence-corrected chi connectivity index (χ4v) is 2.54. The molecule has 0 amide bonds. The fraction of sp³-hybridized carbons (Fsp3) is 0.111. The van der Waals surface area contributed by atoms with E-state index in [0.29, 0.717) is 27.9 Å². The summed E-state index contributed by atoms with van der Waals surface area (Å²) in [4.78, 5) is 23.2. The monoisotopic (exact) mass is 311 g/mol. The summed E-state index contributed by atoms with van der Waals surface area (Å²) in [6, 6.07) is 10.9. The number of hydrogen-bond acceptors (Lipinski definition) is 3. The number of halogens is 1. The highest BCUT2D eigenvalue weighted by molar-refractivity contribution is 5.99. The Kier molecular flexibility index (Phi) is 3.93. The third kappa shape index (κ3) is 2.73. The molecule has 0 fully saturated rings. The lowest BCUT2D eigenvalue weighted by Gasteiger charge is -2.07. The molecule has 0 bridgehead atoms. The second-order valence-corrected chi connectivity index (χ2v) is 5.01. The molecule has 0 aliphatic rings. The lowest BCUT2D eigenvalue weighted by atomic mass is 10.1. The van der Waals surface area contributed by atoms with E-state index < -0.39 is 5.97 Å². The minimum atomic E-state index is -0.455. The van der Waals surface area contributed by atoms with Crippen LogP contribution in [-0.4, -0.2) is 23.3 Å². The third-order valence-electron chi connectivity index (χ3n) is 3.55. The van der Waals surface area contributed by atoms with Crippen molar-refractivity contribution in [1.82, 2.24) is 4.40 Å². The van der Waals surface area contributed by atoms with Gasteiger partial charge in [0, 0.05) is 17.3 Å². The molecule has 0 atom stereocenters. The maximum Gasteiger partial charge on any atom is 0.340 e. The van der Waals surface area contributed by atoms with E-state index in [9.17, 15) is 14.0 Å². The van der Waals surface area contributed by atoms with Crippen LogP contribution in [-0.2, 0) is 4.74 Å².